The number of unbranched alkanes of at least 4 members (excludes halogenated alkanes) is 1. The minimum atomic E-state index is 0.272. The van der Waals surface area contributed by atoms with Crippen LogP contribution in [0.15, 0.2) is 0 Å². The van der Waals surface area contributed by atoms with Crippen LogP contribution < -0.4 is 5.32 Å². The lowest BCUT2D eigenvalue weighted by molar-refractivity contribution is -0.0326. The molecular weight excluding hydrogens is 212 g/mol. The number of likely N-dealkylation sites (N-methyl/N-ethyl adjacent to an activating group) is 1. The van der Waals surface area contributed by atoms with Crippen molar-refractivity contribution in [2.24, 2.45) is 0 Å². The van der Waals surface area contributed by atoms with Crippen molar-refractivity contribution in [3.05, 3.63) is 0 Å². The van der Waals surface area contributed by atoms with Gasteiger partial charge in [0.05, 0.1) is 13.2 Å². The summed E-state index contributed by atoms with van der Waals surface area (Å²) in [6.07, 6.45) is 5.06. The van der Waals surface area contributed by atoms with Crippen LogP contribution in [0, 0.1) is 0 Å². The van der Waals surface area contributed by atoms with Gasteiger partial charge < -0.3 is 10.1 Å². The lowest BCUT2D eigenvalue weighted by atomic mass is 9.84. The van der Waals surface area contributed by atoms with E-state index in [0.717, 1.165) is 26.3 Å². The Labute approximate surface area is 107 Å². The van der Waals surface area contributed by atoms with Gasteiger partial charge in [-0.1, -0.05) is 26.7 Å². The summed E-state index contributed by atoms with van der Waals surface area (Å²) in [5.41, 5.74) is 0.272. The van der Waals surface area contributed by atoms with Crippen molar-refractivity contribution in [2.75, 3.05) is 33.4 Å². The van der Waals surface area contributed by atoms with E-state index in [-0.39, 0.29) is 5.54 Å². The highest BCUT2D eigenvalue weighted by Crippen LogP contribution is 2.27. The quantitative estimate of drug-likeness (QED) is 0.741. The maximum absolute atomic E-state index is 5.47. The Morgan fingerprint density at radius 2 is 1.94 bits per heavy atom. The van der Waals surface area contributed by atoms with E-state index < -0.39 is 0 Å². The maximum atomic E-state index is 5.47. The van der Waals surface area contributed by atoms with Crippen molar-refractivity contribution in [1.29, 1.82) is 0 Å². The summed E-state index contributed by atoms with van der Waals surface area (Å²) >= 11 is 0. The largest absolute Gasteiger partial charge is 0.379 e. The van der Waals surface area contributed by atoms with Crippen LogP contribution in [0.3, 0.4) is 0 Å². The number of ether oxygens (including phenoxy) is 1. The van der Waals surface area contributed by atoms with Crippen molar-refractivity contribution in [1.82, 2.24) is 10.2 Å². The van der Waals surface area contributed by atoms with Crippen molar-refractivity contribution in [3.63, 3.8) is 0 Å². The molecule has 1 rings (SSSR count). The fraction of sp³-hybridized carbons (Fsp3) is 1.00. The molecule has 0 aromatic heterocycles. The average molecular weight is 242 g/mol. The Bertz CT molecular complexity index is 204. The number of hydrogen-bond donors (Lipinski definition) is 1. The van der Waals surface area contributed by atoms with E-state index in [1.165, 1.54) is 25.7 Å². The minimum Gasteiger partial charge on any atom is -0.379 e. The zero-order chi connectivity index (χ0) is 12.7. The monoisotopic (exact) mass is 242 g/mol. The first-order valence-electron chi connectivity index (χ1n) is 7.19. The number of nitrogens with one attached hydrogen (secondary N) is 1. The van der Waals surface area contributed by atoms with E-state index in [2.05, 4.69) is 38.0 Å². The first kappa shape index (κ1) is 14.9. The molecule has 1 fully saturated rings. The third-order valence-corrected chi connectivity index (χ3v) is 4.39. The second-order valence-corrected chi connectivity index (χ2v) is 5.29. The molecule has 3 heteroatoms. The van der Waals surface area contributed by atoms with E-state index in [1.54, 1.807) is 0 Å². The molecule has 0 aliphatic carbocycles. The molecule has 0 bridgehead atoms. The van der Waals surface area contributed by atoms with Gasteiger partial charge in [-0.05, 0) is 26.8 Å². The van der Waals surface area contributed by atoms with Crippen LogP contribution in [0.2, 0.25) is 0 Å². The molecule has 0 aromatic carbocycles. The Kier molecular flexibility index (Phi) is 6.45. The highest BCUT2D eigenvalue weighted by Gasteiger charge is 2.37. The van der Waals surface area contributed by atoms with Gasteiger partial charge in [0.1, 0.15) is 0 Å². The van der Waals surface area contributed by atoms with Gasteiger partial charge in [0, 0.05) is 24.7 Å². The molecule has 0 aromatic rings. The molecule has 0 radical (unpaired) electrons. The molecule has 0 saturated carbocycles. The summed E-state index contributed by atoms with van der Waals surface area (Å²) in [7, 11) is 2.11. The predicted octanol–water partition coefficient (Wildman–Crippen LogP) is 2.27. The second kappa shape index (κ2) is 7.34. The van der Waals surface area contributed by atoms with Gasteiger partial charge in [-0.3, -0.25) is 4.90 Å². The van der Waals surface area contributed by atoms with Gasteiger partial charge in [-0.15, -0.1) is 0 Å². The van der Waals surface area contributed by atoms with Crippen LogP contribution in [0.25, 0.3) is 0 Å². The SMILES string of the molecule is CCCCC(NC)C(C)(CC)N1CCOCC1. The molecule has 3 nitrogen and oxygen atoms in total. The number of hydrogen-bond acceptors (Lipinski definition) is 3. The number of nitrogens with zero attached hydrogens (tertiary/aromatic N) is 1. The van der Waals surface area contributed by atoms with Crippen molar-refractivity contribution in [2.45, 2.75) is 58.0 Å². The van der Waals surface area contributed by atoms with E-state index in [0.29, 0.717) is 6.04 Å². The van der Waals surface area contributed by atoms with Gasteiger partial charge >= 0.3 is 0 Å². The van der Waals surface area contributed by atoms with E-state index in [4.69, 9.17) is 4.74 Å². The summed E-state index contributed by atoms with van der Waals surface area (Å²) < 4.78 is 5.47. The van der Waals surface area contributed by atoms with Crippen LogP contribution in [-0.2, 0) is 4.74 Å². The minimum absolute atomic E-state index is 0.272. The molecule has 0 spiro atoms. The van der Waals surface area contributed by atoms with E-state index in [1.807, 2.05) is 0 Å². The molecule has 0 amide bonds. The second-order valence-electron chi connectivity index (χ2n) is 5.29. The van der Waals surface area contributed by atoms with Crippen LogP contribution >= 0.6 is 0 Å². The van der Waals surface area contributed by atoms with Gasteiger partial charge in [0.25, 0.3) is 0 Å². The number of morpholine rings is 1. The lowest BCUT2D eigenvalue weighted by Crippen LogP contribution is -2.61. The normalized spacial score (nSPS) is 23.3. The molecule has 102 valence electrons. The first-order valence-corrected chi connectivity index (χ1v) is 7.19. The highest BCUT2D eigenvalue weighted by molar-refractivity contribution is 4.96. The summed E-state index contributed by atoms with van der Waals surface area (Å²) in [6, 6.07) is 0.588. The molecule has 1 aliphatic rings. The Morgan fingerprint density at radius 1 is 1.29 bits per heavy atom. The lowest BCUT2D eigenvalue weighted by Gasteiger charge is -2.48. The molecule has 1 aliphatic heterocycles. The molecule has 1 heterocycles. The van der Waals surface area contributed by atoms with Crippen LogP contribution in [0.5, 0.6) is 0 Å². The van der Waals surface area contributed by atoms with Crippen molar-refractivity contribution < 1.29 is 4.74 Å². The van der Waals surface area contributed by atoms with Gasteiger partial charge in [-0.2, -0.15) is 0 Å². The Balaban J connectivity index is 2.68. The summed E-state index contributed by atoms with van der Waals surface area (Å²) in [5.74, 6) is 0. The predicted molar refractivity (Wildman–Crippen MR) is 73.5 cm³/mol. The van der Waals surface area contributed by atoms with E-state index >= 15 is 0 Å². The topological polar surface area (TPSA) is 24.5 Å². The van der Waals surface area contributed by atoms with Crippen molar-refractivity contribution >= 4 is 0 Å². The summed E-state index contributed by atoms with van der Waals surface area (Å²) in [5, 5.41) is 3.54. The van der Waals surface area contributed by atoms with Gasteiger partial charge in [0.15, 0.2) is 0 Å². The van der Waals surface area contributed by atoms with Crippen LogP contribution in [-0.4, -0.2) is 49.8 Å². The fourth-order valence-electron chi connectivity index (χ4n) is 2.94. The molecule has 17 heavy (non-hydrogen) atoms. The zero-order valence-corrected chi connectivity index (χ0v) is 12.1. The fourth-order valence-corrected chi connectivity index (χ4v) is 2.94. The summed E-state index contributed by atoms with van der Waals surface area (Å²) in [6.45, 7) is 10.9. The number of rotatable bonds is 7. The average Bonchev–Trinajstić information content (AvgIpc) is 2.40. The Hall–Kier alpha value is -0.120. The Morgan fingerprint density at radius 3 is 2.41 bits per heavy atom. The first-order chi connectivity index (χ1) is 8.19. The standard InChI is InChI=1S/C14H30N2O/c1-5-7-8-13(15-4)14(3,6-2)16-9-11-17-12-10-16/h13,15H,5-12H2,1-4H3. The van der Waals surface area contributed by atoms with Crippen molar-refractivity contribution in [3.8, 4) is 0 Å². The molecule has 2 unspecified atom stereocenters. The summed E-state index contributed by atoms with van der Waals surface area (Å²) in [4.78, 5) is 2.62. The van der Waals surface area contributed by atoms with Crippen LogP contribution in [0.4, 0.5) is 0 Å². The molecular formula is C14H30N2O. The van der Waals surface area contributed by atoms with Gasteiger partial charge in [-0.25, -0.2) is 0 Å². The van der Waals surface area contributed by atoms with E-state index in [9.17, 15) is 0 Å². The molecule has 1 saturated heterocycles. The van der Waals surface area contributed by atoms with Gasteiger partial charge in [0.2, 0.25) is 0 Å². The molecule has 1 N–H and O–H groups in total. The van der Waals surface area contributed by atoms with Crippen LogP contribution in [0.1, 0.15) is 46.5 Å². The highest BCUT2D eigenvalue weighted by atomic mass is 16.5. The third kappa shape index (κ3) is 3.67. The maximum Gasteiger partial charge on any atom is 0.0594 e. The smallest absolute Gasteiger partial charge is 0.0594 e. The third-order valence-electron chi connectivity index (χ3n) is 4.39. The molecule has 2 atom stereocenters. The zero-order valence-electron chi connectivity index (χ0n) is 12.1.